The molecule has 0 bridgehead atoms. The highest BCUT2D eigenvalue weighted by molar-refractivity contribution is 5.96. The van der Waals surface area contributed by atoms with Crippen LogP contribution in [0.1, 0.15) is 75.4 Å². The minimum absolute atomic E-state index is 0.0589. The maximum Gasteiger partial charge on any atom is 0.410 e. The first-order chi connectivity index (χ1) is 21.0. The molecule has 0 aliphatic carbocycles. The van der Waals surface area contributed by atoms with E-state index in [0.29, 0.717) is 50.8 Å². The van der Waals surface area contributed by atoms with Gasteiger partial charge in [-0.1, -0.05) is 55.0 Å². The summed E-state index contributed by atoms with van der Waals surface area (Å²) < 4.78 is 16.6. The topological polar surface area (TPSA) is 147 Å². The zero-order valence-corrected chi connectivity index (χ0v) is 25.7. The van der Waals surface area contributed by atoms with Crippen LogP contribution >= 0.6 is 0 Å². The van der Waals surface area contributed by atoms with E-state index >= 15 is 0 Å². The Hall–Kier alpha value is -4.54. The van der Waals surface area contributed by atoms with E-state index in [1.165, 1.54) is 4.90 Å². The first-order valence-corrected chi connectivity index (χ1v) is 14.9. The van der Waals surface area contributed by atoms with Crippen molar-refractivity contribution in [1.29, 1.82) is 0 Å². The van der Waals surface area contributed by atoms with Crippen LogP contribution < -0.4 is 10.6 Å². The second-order valence-electron chi connectivity index (χ2n) is 11.6. The van der Waals surface area contributed by atoms with Crippen LogP contribution in [0, 0.1) is 0 Å². The number of carbonyl (C=O) groups is 4. The Morgan fingerprint density at radius 3 is 2.39 bits per heavy atom. The van der Waals surface area contributed by atoms with Crippen molar-refractivity contribution in [3.8, 4) is 0 Å². The average Bonchev–Trinajstić information content (AvgIpc) is 3.41. The van der Waals surface area contributed by atoms with Crippen LogP contribution in [0.4, 0.5) is 9.59 Å². The van der Waals surface area contributed by atoms with Crippen LogP contribution in [0.25, 0.3) is 11.0 Å². The largest absolute Gasteiger partial charge is 0.481 e. The molecule has 0 spiro atoms. The number of nitrogens with zero attached hydrogens (tertiary/aromatic N) is 1. The van der Waals surface area contributed by atoms with E-state index in [0.717, 1.165) is 10.9 Å². The second kappa shape index (κ2) is 16.9. The van der Waals surface area contributed by atoms with E-state index < -0.39 is 35.7 Å². The molecule has 238 valence electrons. The van der Waals surface area contributed by atoms with E-state index in [-0.39, 0.29) is 25.3 Å². The number of benzene rings is 2. The van der Waals surface area contributed by atoms with Crippen molar-refractivity contribution in [3.05, 3.63) is 72.0 Å². The Bertz CT molecular complexity index is 1330. The minimum atomic E-state index is -0.861. The van der Waals surface area contributed by atoms with Gasteiger partial charge in [-0.25, -0.2) is 9.59 Å². The van der Waals surface area contributed by atoms with Gasteiger partial charge in [0.05, 0.1) is 0 Å². The molecule has 0 saturated carbocycles. The summed E-state index contributed by atoms with van der Waals surface area (Å²) in [6.45, 7) is 6.26. The van der Waals surface area contributed by atoms with E-state index in [1.54, 1.807) is 32.9 Å². The Morgan fingerprint density at radius 1 is 0.955 bits per heavy atom. The fourth-order valence-electron chi connectivity index (χ4n) is 4.48. The number of para-hydroxylation sites is 1. The third-order valence-electron chi connectivity index (χ3n) is 6.61. The summed E-state index contributed by atoms with van der Waals surface area (Å²) in [6.07, 6.45) is 1.60. The van der Waals surface area contributed by atoms with Crippen LogP contribution in [-0.4, -0.2) is 65.3 Å². The summed E-state index contributed by atoms with van der Waals surface area (Å²) in [7, 11) is 0. The number of unbranched alkanes of at least 4 members (excludes halogenated alkanes) is 2. The van der Waals surface area contributed by atoms with Crippen molar-refractivity contribution >= 4 is 35.0 Å². The Balaban J connectivity index is 1.64. The van der Waals surface area contributed by atoms with Gasteiger partial charge in [0, 0.05) is 37.5 Å². The molecule has 44 heavy (non-hydrogen) atoms. The summed E-state index contributed by atoms with van der Waals surface area (Å²) >= 11 is 0. The maximum absolute atomic E-state index is 13.2. The molecule has 1 atom stereocenters. The number of rotatable bonds is 16. The van der Waals surface area contributed by atoms with Gasteiger partial charge in [0.1, 0.15) is 17.8 Å². The summed E-state index contributed by atoms with van der Waals surface area (Å²) in [6, 6.07) is 17.8. The standard InChI is InChI=1S/C33H43N3O8/c1-33(2,3)44-32(41)36(20-11-5-8-18-29(37)38)22-26(35-30(39)28-21-25-15-9-10-17-27(25)43-28)16-12-19-34-31(40)42-23-24-13-6-4-7-14-24/h4,6-7,9-10,13-15,17,21,26H,5,8,11-12,16,18-20,22-23H2,1-3H3,(H,34,40)(H,35,39)(H,37,38)/t26-/m0/s1. The number of ether oxygens (including phenoxy) is 2. The highest BCUT2D eigenvalue weighted by Crippen LogP contribution is 2.19. The van der Waals surface area contributed by atoms with E-state index in [2.05, 4.69) is 10.6 Å². The maximum atomic E-state index is 13.2. The van der Waals surface area contributed by atoms with Gasteiger partial charge in [-0.15, -0.1) is 0 Å². The molecular formula is C33H43N3O8. The molecule has 11 nitrogen and oxygen atoms in total. The Labute approximate surface area is 257 Å². The van der Waals surface area contributed by atoms with Crippen LogP contribution in [-0.2, 0) is 20.9 Å². The van der Waals surface area contributed by atoms with Gasteiger partial charge in [-0.05, 0) is 64.2 Å². The summed E-state index contributed by atoms with van der Waals surface area (Å²) in [5.74, 6) is -1.14. The summed E-state index contributed by atoms with van der Waals surface area (Å²) in [5, 5.41) is 15.4. The zero-order valence-electron chi connectivity index (χ0n) is 25.7. The van der Waals surface area contributed by atoms with Gasteiger partial charge < -0.3 is 34.5 Å². The quantitative estimate of drug-likeness (QED) is 0.165. The molecule has 0 fully saturated rings. The highest BCUT2D eigenvalue weighted by Gasteiger charge is 2.26. The molecule has 0 saturated heterocycles. The van der Waals surface area contributed by atoms with Crippen molar-refractivity contribution < 1.29 is 38.2 Å². The number of alkyl carbamates (subject to hydrolysis) is 1. The van der Waals surface area contributed by atoms with Gasteiger partial charge in [0.15, 0.2) is 5.76 Å². The number of hydrogen-bond donors (Lipinski definition) is 3. The molecule has 0 radical (unpaired) electrons. The lowest BCUT2D eigenvalue weighted by Crippen LogP contribution is -2.47. The minimum Gasteiger partial charge on any atom is -0.481 e. The van der Waals surface area contributed by atoms with Crippen molar-refractivity contribution in [2.45, 2.75) is 77.5 Å². The van der Waals surface area contributed by atoms with Crippen LogP contribution in [0.3, 0.4) is 0 Å². The van der Waals surface area contributed by atoms with Crippen LogP contribution in [0.5, 0.6) is 0 Å². The van der Waals surface area contributed by atoms with Gasteiger partial charge >= 0.3 is 18.2 Å². The number of carbonyl (C=O) groups excluding carboxylic acids is 3. The van der Waals surface area contributed by atoms with Gasteiger partial charge in [-0.3, -0.25) is 9.59 Å². The molecule has 3 aromatic rings. The molecule has 3 N–H and O–H groups in total. The SMILES string of the molecule is CC(C)(C)OC(=O)N(CCCCCC(=O)O)C[C@H](CCCNC(=O)OCc1ccccc1)NC(=O)c1cc2ccccc2o1. The number of amides is 3. The van der Waals surface area contributed by atoms with Crippen molar-refractivity contribution in [2.75, 3.05) is 19.6 Å². The van der Waals surface area contributed by atoms with E-state index in [9.17, 15) is 19.2 Å². The number of fused-ring (bicyclic) bond motifs is 1. The molecule has 3 amide bonds. The number of nitrogens with one attached hydrogen (secondary N) is 2. The van der Waals surface area contributed by atoms with Crippen LogP contribution in [0.15, 0.2) is 65.1 Å². The zero-order chi connectivity index (χ0) is 32.0. The molecule has 0 aliphatic rings. The number of carboxylic acids is 1. The first kappa shape index (κ1) is 34.0. The highest BCUT2D eigenvalue weighted by atomic mass is 16.6. The van der Waals surface area contributed by atoms with Crippen molar-refractivity contribution in [3.63, 3.8) is 0 Å². The predicted molar refractivity (Wildman–Crippen MR) is 165 cm³/mol. The Kier molecular flexibility index (Phi) is 13.1. The fraction of sp³-hybridized carbons (Fsp3) is 0.455. The molecule has 3 rings (SSSR count). The molecule has 11 heteroatoms. The number of carboxylic acid groups (broad SMARTS) is 1. The number of aliphatic carboxylic acids is 1. The lowest BCUT2D eigenvalue weighted by atomic mass is 10.1. The number of hydrogen-bond acceptors (Lipinski definition) is 7. The van der Waals surface area contributed by atoms with Gasteiger partial charge in [-0.2, -0.15) is 0 Å². The van der Waals surface area contributed by atoms with Crippen molar-refractivity contribution in [1.82, 2.24) is 15.5 Å². The van der Waals surface area contributed by atoms with Crippen molar-refractivity contribution in [2.24, 2.45) is 0 Å². The molecule has 2 aromatic carbocycles. The Morgan fingerprint density at radius 2 is 1.68 bits per heavy atom. The smallest absolute Gasteiger partial charge is 0.410 e. The van der Waals surface area contributed by atoms with Gasteiger partial charge in [0.2, 0.25) is 0 Å². The second-order valence-corrected chi connectivity index (χ2v) is 11.6. The lowest BCUT2D eigenvalue weighted by molar-refractivity contribution is -0.137. The molecule has 1 aromatic heterocycles. The van der Waals surface area contributed by atoms with E-state index in [4.69, 9.17) is 19.0 Å². The van der Waals surface area contributed by atoms with E-state index in [1.807, 2.05) is 48.5 Å². The molecule has 0 unspecified atom stereocenters. The normalized spacial score (nSPS) is 11.9. The fourth-order valence-corrected chi connectivity index (χ4v) is 4.48. The average molecular weight is 610 g/mol. The monoisotopic (exact) mass is 609 g/mol. The predicted octanol–water partition coefficient (Wildman–Crippen LogP) is 6.12. The molecular weight excluding hydrogens is 566 g/mol. The van der Waals surface area contributed by atoms with Gasteiger partial charge in [0.25, 0.3) is 5.91 Å². The summed E-state index contributed by atoms with van der Waals surface area (Å²) in [5.41, 5.74) is 0.737. The summed E-state index contributed by atoms with van der Waals surface area (Å²) in [4.78, 5) is 51.0. The van der Waals surface area contributed by atoms with Crippen LogP contribution in [0.2, 0.25) is 0 Å². The lowest BCUT2D eigenvalue weighted by Gasteiger charge is -2.30. The number of furan rings is 1. The molecule has 0 aliphatic heterocycles. The first-order valence-electron chi connectivity index (χ1n) is 14.9. The third kappa shape index (κ3) is 12.4. The molecule has 1 heterocycles. The third-order valence-corrected chi connectivity index (χ3v) is 6.61.